The van der Waals surface area contributed by atoms with Crippen LogP contribution in [0.5, 0.6) is 0 Å². The van der Waals surface area contributed by atoms with E-state index in [1.165, 1.54) is 6.08 Å². The van der Waals surface area contributed by atoms with Crippen LogP contribution < -0.4 is 0 Å². The standard InChI is InChI=1S/C25H34O6/c1-4-5-21-30-20-11-17-16-7-6-14-10-15(27)8-9-23(14,2)22(16)18(28)12-24(17,3)25(20,31-21)19(29)13-26/h8-10,16-18,20-22,26,28H,4-7,11-13H2,1-3H3/t16-,17-,18-,20+,21?,22+,23-,24-,25+/m0/s1/i6D2,10D. The van der Waals surface area contributed by atoms with Crippen LogP contribution in [0.2, 0.25) is 0 Å². The smallest absolute Gasteiger partial charge is 0.193 e. The summed E-state index contributed by atoms with van der Waals surface area (Å²) in [6.07, 6.45) is 1.20. The highest BCUT2D eigenvalue weighted by molar-refractivity contribution is 6.01. The van der Waals surface area contributed by atoms with E-state index in [9.17, 15) is 19.8 Å². The molecule has 0 bridgehead atoms. The van der Waals surface area contributed by atoms with Crippen molar-refractivity contribution in [2.45, 2.75) is 83.3 Å². The maximum absolute atomic E-state index is 13.3. The molecular formula is C25H34O6. The van der Waals surface area contributed by atoms with E-state index in [0.29, 0.717) is 12.8 Å². The van der Waals surface area contributed by atoms with Crippen LogP contribution in [-0.2, 0) is 19.1 Å². The quantitative estimate of drug-likeness (QED) is 0.708. The third-order valence-corrected chi connectivity index (χ3v) is 8.90. The first-order chi connectivity index (χ1) is 15.9. The lowest BCUT2D eigenvalue weighted by Gasteiger charge is -2.59. The van der Waals surface area contributed by atoms with Crippen LogP contribution in [0.4, 0.5) is 0 Å². The molecule has 2 N–H and O–H groups in total. The Bertz CT molecular complexity index is 993. The second-order valence-corrected chi connectivity index (χ2v) is 10.4. The van der Waals surface area contributed by atoms with Crippen molar-refractivity contribution in [1.29, 1.82) is 0 Å². The fourth-order valence-corrected chi connectivity index (χ4v) is 7.65. The summed E-state index contributed by atoms with van der Waals surface area (Å²) in [7, 11) is 0. The van der Waals surface area contributed by atoms with E-state index in [1.54, 1.807) is 6.08 Å². The molecule has 5 rings (SSSR count). The molecule has 3 saturated carbocycles. The summed E-state index contributed by atoms with van der Waals surface area (Å²) in [4.78, 5) is 25.6. The number of aliphatic hydroxyl groups excluding tert-OH is 2. The van der Waals surface area contributed by atoms with Gasteiger partial charge in [-0.2, -0.15) is 0 Å². The number of carbonyl (C=O) groups is 2. The Balaban J connectivity index is 1.62. The first kappa shape index (κ1) is 18.1. The highest BCUT2D eigenvalue weighted by Crippen LogP contribution is 2.69. The van der Waals surface area contributed by atoms with E-state index in [-0.39, 0.29) is 36.3 Å². The third kappa shape index (κ3) is 2.65. The Morgan fingerprint density at radius 3 is 2.90 bits per heavy atom. The van der Waals surface area contributed by atoms with Gasteiger partial charge in [-0.25, -0.2) is 0 Å². The van der Waals surface area contributed by atoms with Crippen LogP contribution in [0.25, 0.3) is 0 Å². The summed E-state index contributed by atoms with van der Waals surface area (Å²) in [6.45, 7) is 5.04. The molecule has 0 amide bonds. The number of allylic oxidation sites excluding steroid dienone is 4. The van der Waals surface area contributed by atoms with E-state index in [2.05, 4.69) is 0 Å². The zero-order chi connectivity index (χ0) is 24.8. The molecule has 0 aromatic carbocycles. The number of hydrogen-bond donors (Lipinski definition) is 2. The van der Waals surface area contributed by atoms with Crippen molar-refractivity contribution in [3.8, 4) is 0 Å². The molecule has 4 fully saturated rings. The van der Waals surface area contributed by atoms with Gasteiger partial charge >= 0.3 is 0 Å². The van der Waals surface area contributed by atoms with Gasteiger partial charge in [-0.05, 0) is 56.0 Å². The Morgan fingerprint density at radius 2 is 2.19 bits per heavy atom. The molecule has 9 atom stereocenters. The van der Waals surface area contributed by atoms with Crippen LogP contribution in [0.3, 0.4) is 0 Å². The topological polar surface area (TPSA) is 93.1 Å². The molecule has 170 valence electrons. The molecule has 1 saturated heterocycles. The molecule has 0 spiro atoms. The Morgan fingerprint density at radius 1 is 1.42 bits per heavy atom. The van der Waals surface area contributed by atoms with Crippen molar-refractivity contribution < 1.29 is 33.4 Å². The molecule has 6 nitrogen and oxygen atoms in total. The molecule has 0 aromatic heterocycles. The maximum atomic E-state index is 13.3. The van der Waals surface area contributed by atoms with E-state index in [4.69, 9.17) is 13.6 Å². The minimum absolute atomic E-state index is 0.0396. The number of carbonyl (C=O) groups excluding carboxylic acids is 2. The Hall–Kier alpha value is -1.34. The van der Waals surface area contributed by atoms with E-state index < -0.39 is 65.4 Å². The number of fused-ring (bicyclic) bond motifs is 7. The molecule has 1 heterocycles. The van der Waals surface area contributed by atoms with Crippen LogP contribution in [0.1, 0.15) is 63.4 Å². The van der Waals surface area contributed by atoms with Crippen LogP contribution in [0.15, 0.2) is 23.8 Å². The Kier molecular flexibility index (Phi) is 4.14. The Labute approximate surface area is 187 Å². The fourth-order valence-electron chi connectivity index (χ4n) is 7.65. The zero-order valence-corrected chi connectivity index (χ0v) is 18.4. The molecule has 0 aromatic rings. The second kappa shape index (κ2) is 7.08. The van der Waals surface area contributed by atoms with Gasteiger partial charge in [0.2, 0.25) is 0 Å². The molecule has 1 aliphatic heterocycles. The first-order valence-electron chi connectivity index (χ1n) is 13.0. The van der Waals surface area contributed by atoms with Crippen molar-refractivity contribution in [2.24, 2.45) is 28.6 Å². The molecule has 31 heavy (non-hydrogen) atoms. The molecular weight excluding hydrogens is 396 g/mol. The van der Waals surface area contributed by atoms with E-state index >= 15 is 0 Å². The van der Waals surface area contributed by atoms with E-state index in [0.717, 1.165) is 6.42 Å². The maximum Gasteiger partial charge on any atom is 0.193 e. The van der Waals surface area contributed by atoms with Gasteiger partial charge in [-0.15, -0.1) is 0 Å². The molecule has 6 heteroatoms. The van der Waals surface area contributed by atoms with Crippen molar-refractivity contribution in [3.05, 3.63) is 23.8 Å². The van der Waals surface area contributed by atoms with Gasteiger partial charge in [0.15, 0.2) is 23.5 Å². The predicted octanol–water partition coefficient (Wildman–Crippen LogP) is 2.72. The van der Waals surface area contributed by atoms with Crippen molar-refractivity contribution in [1.82, 2.24) is 0 Å². The van der Waals surface area contributed by atoms with Crippen molar-refractivity contribution in [2.75, 3.05) is 6.61 Å². The van der Waals surface area contributed by atoms with Gasteiger partial charge in [0.05, 0.1) is 13.6 Å². The summed E-state index contributed by atoms with van der Waals surface area (Å²) < 4.78 is 38.7. The van der Waals surface area contributed by atoms with Gasteiger partial charge in [-0.1, -0.05) is 38.8 Å². The van der Waals surface area contributed by atoms with Gasteiger partial charge in [0.25, 0.3) is 0 Å². The second-order valence-electron chi connectivity index (χ2n) is 10.4. The normalized spacial score (nSPS) is 53.7. The number of rotatable bonds is 4. The lowest BCUT2D eigenvalue weighted by molar-refractivity contribution is -0.200. The van der Waals surface area contributed by atoms with Gasteiger partial charge in [-0.3, -0.25) is 9.59 Å². The minimum Gasteiger partial charge on any atom is -0.393 e. The molecule has 0 radical (unpaired) electrons. The monoisotopic (exact) mass is 433 g/mol. The van der Waals surface area contributed by atoms with Crippen molar-refractivity contribution in [3.63, 3.8) is 0 Å². The van der Waals surface area contributed by atoms with Gasteiger partial charge in [0.1, 0.15) is 6.61 Å². The number of hydrogen-bond acceptors (Lipinski definition) is 6. The third-order valence-electron chi connectivity index (χ3n) is 8.90. The summed E-state index contributed by atoms with van der Waals surface area (Å²) in [5, 5.41) is 21.5. The number of aliphatic hydroxyl groups is 2. The molecule has 4 aliphatic carbocycles. The summed E-state index contributed by atoms with van der Waals surface area (Å²) in [5.41, 5.74) is -3.09. The SMILES string of the molecule is [2H]C1=C2C([2H])([2H])C[C@@H]3[C@H]([C@@H](O)C[C@@]4(C)[C@H]3C[C@H]3OC(CCC)O[C@]34C(=O)CO)[C@@]2(C)C=CC1=O. The van der Waals surface area contributed by atoms with Crippen LogP contribution in [0, 0.1) is 28.6 Å². The minimum atomic E-state index is -1.91. The van der Waals surface area contributed by atoms with Gasteiger partial charge < -0.3 is 19.7 Å². The molecule has 1 unspecified atom stereocenters. The molecule has 5 aliphatic rings. The van der Waals surface area contributed by atoms with Crippen LogP contribution >= 0.6 is 0 Å². The summed E-state index contributed by atoms with van der Waals surface area (Å²) in [5.74, 6) is -1.90. The highest BCUT2D eigenvalue weighted by atomic mass is 16.7. The largest absolute Gasteiger partial charge is 0.393 e. The number of ether oxygens (including phenoxy) is 2. The lowest BCUT2D eigenvalue weighted by atomic mass is 9.46. The number of Topliss-reactive ketones (excluding diaryl/α,β-unsaturated/α-hetero) is 1. The summed E-state index contributed by atoms with van der Waals surface area (Å²) in [6, 6.07) is -0.321. The fraction of sp³-hybridized carbons (Fsp3) is 0.760. The summed E-state index contributed by atoms with van der Waals surface area (Å²) >= 11 is 0. The van der Waals surface area contributed by atoms with Crippen molar-refractivity contribution >= 4 is 11.6 Å². The van der Waals surface area contributed by atoms with E-state index in [1.807, 2.05) is 20.8 Å². The first-order valence-corrected chi connectivity index (χ1v) is 11.5. The average molecular weight is 434 g/mol. The average Bonchev–Trinajstić information content (AvgIpc) is 3.22. The predicted molar refractivity (Wildman–Crippen MR) is 113 cm³/mol. The number of ketones is 2. The zero-order valence-electron chi connectivity index (χ0n) is 21.4. The lowest BCUT2D eigenvalue weighted by Crippen LogP contribution is -2.63. The van der Waals surface area contributed by atoms with Gasteiger partial charge in [0, 0.05) is 19.5 Å². The van der Waals surface area contributed by atoms with Crippen LogP contribution in [-0.4, -0.2) is 52.5 Å². The highest BCUT2D eigenvalue weighted by Gasteiger charge is 2.75.